The van der Waals surface area contributed by atoms with Crippen LogP contribution in [-0.2, 0) is 11.0 Å². The number of aromatic nitrogens is 3. The van der Waals surface area contributed by atoms with E-state index in [4.69, 9.17) is 5.73 Å². The van der Waals surface area contributed by atoms with Gasteiger partial charge in [0.25, 0.3) is 0 Å². The van der Waals surface area contributed by atoms with Gasteiger partial charge in [-0.2, -0.15) is 13.2 Å². The summed E-state index contributed by atoms with van der Waals surface area (Å²) in [6.45, 7) is 6.35. The van der Waals surface area contributed by atoms with E-state index in [2.05, 4.69) is 30.5 Å². The van der Waals surface area contributed by atoms with Crippen molar-refractivity contribution in [1.29, 1.82) is 0 Å². The van der Waals surface area contributed by atoms with Gasteiger partial charge in [0.2, 0.25) is 5.91 Å². The molecule has 8 nitrogen and oxygen atoms in total. The number of carbonyl (C=O) groups is 1. The largest absolute Gasteiger partial charge is 0.416 e. The van der Waals surface area contributed by atoms with Gasteiger partial charge in [-0.3, -0.25) is 4.79 Å². The molecule has 1 fully saturated rings. The van der Waals surface area contributed by atoms with E-state index in [0.29, 0.717) is 40.5 Å². The molecule has 1 aromatic carbocycles. The summed E-state index contributed by atoms with van der Waals surface area (Å²) in [6.07, 6.45) is -2.03. The lowest BCUT2D eigenvalue weighted by Crippen LogP contribution is -2.35. The quantitative estimate of drug-likeness (QED) is 0.484. The number of halogens is 3. The third kappa shape index (κ3) is 5.13. The number of nitrogens with two attached hydrogens (primary N) is 1. The SMILES string of the molecule is CC(=O)N[C@@H]1CCN(c2cc3c(N[C@H](C)c4cc(N)cc(C(F)(F)F)c4)nc(C)nc3cn2)C1. The summed E-state index contributed by atoms with van der Waals surface area (Å²) in [4.78, 5) is 26.9. The van der Waals surface area contributed by atoms with Crippen LogP contribution >= 0.6 is 0 Å². The molecule has 3 aromatic rings. The monoisotopic (exact) mass is 473 g/mol. The minimum Gasteiger partial charge on any atom is -0.399 e. The third-order valence-electron chi connectivity index (χ3n) is 5.76. The molecule has 3 heterocycles. The Kier molecular flexibility index (Phi) is 6.20. The minimum atomic E-state index is -4.49. The molecular formula is C23H26F3N7O. The molecule has 0 radical (unpaired) electrons. The Labute approximate surface area is 194 Å². The fraction of sp³-hybridized carbons (Fsp3) is 0.391. The van der Waals surface area contributed by atoms with Crippen LogP contribution in [0.2, 0.25) is 0 Å². The molecule has 180 valence electrons. The average molecular weight is 474 g/mol. The second-order valence-corrected chi connectivity index (χ2v) is 8.56. The Balaban J connectivity index is 1.64. The van der Waals surface area contributed by atoms with Gasteiger partial charge in [-0.05, 0) is 50.1 Å². The van der Waals surface area contributed by atoms with Gasteiger partial charge in [0.1, 0.15) is 17.5 Å². The maximum absolute atomic E-state index is 13.3. The van der Waals surface area contributed by atoms with Crippen LogP contribution in [0.1, 0.15) is 43.3 Å². The van der Waals surface area contributed by atoms with Gasteiger partial charge in [0.15, 0.2) is 0 Å². The van der Waals surface area contributed by atoms with E-state index < -0.39 is 17.8 Å². The van der Waals surface area contributed by atoms with Crippen LogP contribution in [0.15, 0.2) is 30.5 Å². The summed E-state index contributed by atoms with van der Waals surface area (Å²) in [5, 5.41) is 6.85. The zero-order chi connectivity index (χ0) is 24.6. The Morgan fingerprint density at radius 3 is 2.71 bits per heavy atom. The fourth-order valence-electron chi connectivity index (χ4n) is 4.17. The molecule has 4 N–H and O–H groups in total. The van der Waals surface area contributed by atoms with Crippen LogP contribution in [0, 0.1) is 6.92 Å². The van der Waals surface area contributed by atoms with Gasteiger partial charge >= 0.3 is 6.18 Å². The van der Waals surface area contributed by atoms with Crippen molar-refractivity contribution in [2.24, 2.45) is 0 Å². The van der Waals surface area contributed by atoms with Crippen LogP contribution in [0.4, 0.5) is 30.5 Å². The summed E-state index contributed by atoms with van der Waals surface area (Å²) in [6, 6.07) is 4.93. The van der Waals surface area contributed by atoms with Gasteiger partial charge in [-0.1, -0.05) is 0 Å². The number of nitrogens with one attached hydrogen (secondary N) is 2. The molecule has 1 aliphatic heterocycles. The first-order chi connectivity index (χ1) is 16.0. The molecule has 4 rings (SSSR count). The topological polar surface area (TPSA) is 109 Å². The molecule has 0 aliphatic carbocycles. The van der Waals surface area contributed by atoms with Crippen molar-refractivity contribution in [3.8, 4) is 0 Å². The first-order valence-corrected chi connectivity index (χ1v) is 10.9. The zero-order valence-electron chi connectivity index (χ0n) is 19.1. The molecule has 0 spiro atoms. The number of aryl methyl sites for hydroxylation is 1. The molecule has 0 bridgehead atoms. The number of nitrogen functional groups attached to an aromatic ring is 1. The third-order valence-corrected chi connectivity index (χ3v) is 5.76. The van der Waals surface area contributed by atoms with Crippen LogP contribution < -0.4 is 21.3 Å². The normalized spacial score (nSPS) is 17.1. The highest BCUT2D eigenvalue weighted by Gasteiger charge is 2.31. The highest BCUT2D eigenvalue weighted by molar-refractivity contribution is 5.90. The Morgan fingerprint density at radius 2 is 2.00 bits per heavy atom. The van der Waals surface area contributed by atoms with Crippen molar-refractivity contribution in [2.45, 2.75) is 45.5 Å². The van der Waals surface area contributed by atoms with Gasteiger partial charge in [-0.25, -0.2) is 15.0 Å². The molecule has 34 heavy (non-hydrogen) atoms. The van der Waals surface area contributed by atoms with Crippen molar-refractivity contribution in [1.82, 2.24) is 20.3 Å². The van der Waals surface area contributed by atoms with Gasteiger partial charge < -0.3 is 21.3 Å². The van der Waals surface area contributed by atoms with Gasteiger partial charge in [0, 0.05) is 37.1 Å². The number of nitrogens with zero attached hydrogens (tertiary/aromatic N) is 4. The van der Waals surface area contributed by atoms with Gasteiger partial charge in [0.05, 0.1) is 23.3 Å². The molecule has 2 aromatic heterocycles. The summed E-state index contributed by atoms with van der Waals surface area (Å²) in [7, 11) is 0. The van der Waals surface area contributed by atoms with E-state index in [9.17, 15) is 18.0 Å². The van der Waals surface area contributed by atoms with Crippen molar-refractivity contribution >= 4 is 34.1 Å². The molecule has 2 atom stereocenters. The van der Waals surface area contributed by atoms with Crippen LogP contribution in [0.5, 0.6) is 0 Å². The Hall–Kier alpha value is -3.63. The number of hydrogen-bond donors (Lipinski definition) is 3. The number of fused-ring (bicyclic) bond motifs is 1. The summed E-state index contributed by atoms with van der Waals surface area (Å²) in [5.74, 6) is 1.64. The second-order valence-electron chi connectivity index (χ2n) is 8.56. The number of alkyl halides is 3. The number of carbonyl (C=O) groups excluding carboxylic acids is 1. The predicted molar refractivity (Wildman–Crippen MR) is 124 cm³/mol. The predicted octanol–water partition coefficient (Wildman–Crippen LogP) is 3.82. The maximum Gasteiger partial charge on any atom is 0.416 e. The number of amides is 1. The minimum absolute atomic E-state index is 0.0384. The molecular weight excluding hydrogens is 447 g/mol. The van der Waals surface area contributed by atoms with E-state index in [1.165, 1.54) is 13.0 Å². The van der Waals surface area contributed by atoms with Crippen molar-refractivity contribution in [3.63, 3.8) is 0 Å². The lowest BCUT2D eigenvalue weighted by atomic mass is 10.0. The van der Waals surface area contributed by atoms with Crippen LogP contribution in [-0.4, -0.2) is 40.0 Å². The number of hydrogen-bond acceptors (Lipinski definition) is 7. The van der Waals surface area contributed by atoms with Gasteiger partial charge in [-0.15, -0.1) is 0 Å². The van der Waals surface area contributed by atoms with E-state index in [1.807, 2.05) is 6.07 Å². The molecule has 0 saturated carbocycles. The lowest BCUT2D eigenvalue weighted by molar-refractivity contribution is -0.137. The van der Waals surface area contributed by atoms with Crippen molar-refractivity contribution < 1.29 is 18.0 Å². The molecule has 0 unspecified atom stereocenters. The molecule has 1 amide bonds. The highest BCUT2D eigenvalue weighted by Crippen LogP contribution is 2.34. The number of anilines is 3. The van der Waals surface area contributed by atoms with Crippen LogP contribution in [0.3, 0.4) is 0 Å². The summed E-state index contributed by atoms with van der Waals surface area (Å²) in [5.41, 5.74) is 5.99. The lowest BCUT2D eigenvalue weighted by Gasteiger charge is -2.21. The average Bonchev–Trinajstić information content (AvgIpc) is 3.20. The smallest absolute Gasteiger partial charge is 0.399 e. The highest BCUT2D eigenvalue weighted by atomic mass is 19.4. The Morgan fingerprint density at radius 1 is 1.24 bits per heavy atom. The number of pyridine rings is 1. The number of benzene rings is 1. The van der Waals surface area contributed by atoms with Crippen molar-refractivity contribution in [2.75, 3.05) is 29.0 Å². The van der Waals surface area contributed by atoms with Crippen LogP contribution in [0.25, 0.3) is 10.9 Å². The molecule has 11 heteroatoms. The Bertz CT molecular complexity index is 1230. The van der Waals surface area contributed by atoms with E-state index >= 15 is 0 Å². The van der Waals surface area contributed by atoms with E-state index in [-0.39, 0.29) is 17.6 Å². The first-order valence-electron chi connectivity index (χ1n) is 10.9. The molecule has 1 aliphatic rings. The molecule has 1 saturated heterocycles. The van der Waals surface area contributed by atoms with E-state index in [1.54, 1.807) is 20.0 Å². The standard InChI is InChI=1S/C23H26F3N7O/c1-12(15-6-16(23(24,25)26)8-17(27)7-15)29-22-19-9-21(28-10-20(19)30-13(2)31-22)33-5-4-18(11-33)32-14(3)34/h6-10,12,18H,4-5,11,27H2,1-3H3,(H,32,34)(H,29,30,31)/t12-,18-/m1/s1. The number of rotatable bonds is 5. The second kappa shape index (κ2) is 8.96. The summed E-state index contributed by atoms with van der Waals surface area (Å²) >= 11 is 0. The fourth-order valence-corrected chi connectivity index (χ4v) is 4.17. The first kappa shape index (κ1) is 23.5. The van der Waals surface area contributed by atoms with E-state index in [0.717, 1.165) is 25.1 Å². The summed E-state index contributed by atoms with van der Waals surface area (Å²) < 4.78 is 39.8. The maximum atomic E-state index is 13.3. The van der Waals surface area contributed by atoms with Crippen molar-refractivity contribution in [3.05, 3.63) is 47.4 Å². The zero-order valence-corrected chi connectivity index (χ0v) is 19.1.